The zero-order valence-electron chi connectivity index (χ0n) is 17.1. The summed E-state index contributed by atoms with van der Waals surface area (Å²) in [5.74, 6) is -0.00673. The van der Waals surface area contributed by atoms with Crippen molar-refractivity contribution in [1.29, 1.82) is 0 Å². The van der Waals surface area contributed by atoms with Crippen molar-refractivity contribution in [3.63, 3.8) is 0 Å². The minimum atomic E-state index is -0.00673. The molecule has 2 aromatic heterocycles. The summed E-state index contributed by atoms with van der Waals surface area (Å²) in [5.41, 5.74) is 4.05. The monoisotopic (exact) mass is 440 g/mol. The van der Waals surface area contributed by atoms with Gasteiger partial charge in [0.05, 0.1) is 16.5 Å². The number of fused-ring (bicyclic) bond motifs is 1. The summed E-state index contributed by atoms with van der Waals surface area (Å²) in [5, 5.41) is 0.761. The molecule has 0 unspecified atom stereocenters. The number of hydrogen-bond donors (Lipinski definition) is 0. The number of nitrogens with zero attached hydrogens (tertiary/aromatic N) is 4. The van der Waals surface area contributed by atoms with Crippen molar-refractivity contribution < 1.29 is 4.79 Å². The Hall–Kier alpha value is -2.70. The second-order valence-corrected chi connectivity index (χ2v) is 8.10. The molecule has 4 aromatic rings. The lowest BCUT2D eigenvalue weighted by Gasteiger charge is -2.20. The summed E-state index contributed by atoms with van der Waals surface area (Å²) in [6, 6.07) is 14.0. The first-order chi connectivity index (χ1) is 14.2. The standard InChI is InChI=1S/C23H24N4OS.ClH/c1-3-18-6-4-7-20-21(18)25-23(29-20)27(14-5-13-26-15-12-24-16-26)22(28)19-10-8-17(2)9-11-19;/h4,6-12,15-16H,3,5,13-14H2,1-2H3;1H. The fourth-order valence-electron chi connectivity index (χ4n) is 3.36. The molecule has 1 amide bonds. The smallest absolute Gasteiger partial charge is 0.260 e. The molecule has 0 N–H and O–H groups in total. The van der Waals surface area contributed by atoms with Crippen LogP contribution in [0.5, 0.6) is 0 Å². The molecule has 0 aliphatic heterocycles. The van der Waals surface area contributed by atoms with E-state index in [2.05, 4.69) is 30.1 Å². The summed E-state index contributed by atoms with van der Waals surface area (Å²) in [7, 11) is 0. The summed E-state index contributed by atoms with van der Waals surface area (Å²) in [6.45, 7) is 5.57. The summed E-state index contributed by atoms with van der Waals surface area (Å²) in [6.07, 6.45) is 7.27. The number of anilines is 1. The van der Waals surface area contributed by atoms with Crippen molar-refractivity contribution in [2.45, 2.75) is 33.2 Å². The van der Waals surface area contributed by atoms with Gasteiger partial charge in [-0.05, 0) is 43.5 Å². The van der Waals surface area contributed by atoms with Crippen molar-refractivity contribution in [1.82, 2.24) is 14.5 Å². The molecule has 4 rings (SSSR count). The third-order valence-electron chi connectivity index (χ3n) is 5.00. The number of carbonyl (C=O) groups excluding carboxylic acids is 1. The van der Waals surface area contributed by atoms with Crippen LogP contribution in [0.1, 0.15) is 34.8 Å². The molecule has 156 valence electrons. The Kier molecular flexibility index (Phi) is 7.24. The van der Waals surface area contributed by atoms with E-state index in [-0.39, 0.29) is 18.3 Å². The van der Waals surface area contributed by atoms with Gasteiger partial charge in [0.1, 0.15) is 0 Å². The van der Waals surface area contributed by atoms with Gasteiger partial charge in [-0.15, -0.1) is 12.4 Å². The molecule has 0 saturated carbocycles. The maximum Gasteiger partial charge on any atom is 0.260 e. The minimum absolute atomic E-state index is 0. The van der Waals surface area contributed by atoms with Gasteiger partial charge in [-0.1, -0.05) is 48.1 Å². The van der Waals surface area contributed by atoms with Gasteiger partial charge in [0.2, 0.25) is 0 Å². The normalized spacial score (nSPS) is 10.7. The number of aromatic nitrogens is 3. The SMILES string of the molecule is CCc1cccc2sc(N(CCCn3ccnc3)C(=O)c3ccc(C)cc3)nc12.Cl. The average molecular weight is 441 g/mol. The molecule has 5 nitrogen and oxygen atoms in total. The molecule has 2 heterocycles. The van der Waals surface area contributed by atoms with E-state index in [4.69, 9.17) is 4.98 Å². The number of benzene rings is 2. The Morgan fingerprint density at radius 2 is 1.97 bits per heavy atom. The van der Waals surface area contributed by atoms with Crippen LogP contribution in [0.4, 0.5) is 5.13 Å². The summed E-state index contributed by atoms with van der Waals surface area (Å²) >= 11 is 1.58. The van der Waals surface area contributed by atoms with E-state index in [1.165, 1.54) is 5.56 Å². The van der Waals surface area contributed by atoms with Crippen LogP contribution in [-0.4, -0.2) is 27.0 Å². The molecule has 0 radical (unpaired) electrons. The van der Waals surface area contributed by atoms with Gasteiger partial charge in [0, 0.05) is 31.0 Å². The van der Waals surface area contributed by atoms with E-state index in [0.717, 1.165) is 40.3 Å². The molecule has 0 aliphatic carbocycles. The number of imidazole rings is 1. The van der Waals surface area contributed by atoms with Gasteiger partial charge in [-0.3, -0.25) is 9.69 Å². The number of para-hydroxylation sites is 1. The molecule has 2 aromatic carbocycles. The lowest BCUT2D eigenvalue weighted by Crippen LogP contribution is -2.32. The quantitative estimate of drug-likeness (QED) is 0.380. The fourth-order valence-corrected chi connectivity index (χ4v) is 4.40. The van der Waals surface area contributed by atoms with Gasteiger partial charge in [0.15, 0.2) is 5.13 Å². The molecular weight excluding hydrogens is 416 g/mol. The highest BCUT2D eigenvalue weighted by atomic mass is 35.5. The Labute approximate surface area is 186 Å². The van der Waals surface area contributed by atoms with E-state index < -0.39 is 0 Å². The Bertz CT molecular complexity index is 1110. The van der Waals surface area contributed by atoms with Crippen molar-refractivity contribution in [3.05, 3.63) is 77.9 Å². The first kappa shape index (κ1) is 22.0. The third kappa shape index (κ3) is 4.71. The van der Waals surface area contributed by atoms with Gasteiger partial charge >= 0.3 is 0 Å². The van der Waals surface area contributed by atoms with Crippen LogP contribution in [0.25, 0.3) is 10.2 Å². The number of aryl methyl sites for hydroxylation is 3. The highest BCUT2D eigenvalue weighted by Gasteiger charge is 2.21. The Balaban J connectivity index is 0.00000256. The van der Waals surface area contributed by atoms with E-state index in [1.54, 1.807) is 23.9 Å². The summed E-state index contributed by atoms with van der Waals surface area (Å²) < 4.78 is 3.15. The average Bonchev–Trinajstić information content (AvgIpc) is 3.40. The van der Waals surface area contributed by atoms with E-state index in [0.29, 0.717) is 12.1 Å². The highest BCUT2D eigenvalue weighted by molar-refractivity contribution is 7.22. The number of hydrogen-bond acceptors (Lipinski definition) is 4. The van der Waals surface area contributed by atoms with Crippen LogP contribution >= 0.6 is 23.7 Å². The van der Waals surface area contributed by atoms with E-state index in [9.17, 15) is 4.79 Å². The Morgan fingerprint density at radius 3 is 2.67 bits per heavy atom. The van der Waals surface area contributed by atoms with Crippen LogP contribution in [0.2, 0.25) is 0 Å². The fraction of sp³-hybridized carbons (Fsp3) is 0.261. The van der Waals surface area contributed by atoms with Crippen LogP contribution in [0.15, 0.2) is 61.2 Å². The molecular formula is C23H25ClN4OS. The van der Waals surface area contributed by atoms with Crippen LogP contribution in [0, 0.1) is 6.92 Å². The maximum atomic E-state index is 13.4. The number of amides is 1. The van der Waals surface area contributed by atoms with Crippen molar-refractivity contribution in [2.75, 3.05) is 11.4 Å². The lowest BCUT2D eigenvalue weighted by molar-refractivity contribution is 0.0986. The molecule has 7 heteroatoms. The zero-order chi connectivity index (χ0) is 20.2. The van der Waals surface area contributed by atoms with Gasteiger partial charge < -0.3 is 4.57 Å². The summed E-state index contributed by atoms with van der Waals surface area (Å²) in [4.78, 5) is 24.1. The molecule has 0 spiro atoms. The Morgan fingerprint density at radius 1 is 1.17 bits per heavy atom. The van der Waals surface area contributed by atoms with Gasteiger partial charge in [-0.2, -0.15) is 0 Å². The predicted octanol–water partition coefficient (Wildman–Crippen LogP) is 5.52. The second kappa shape index (κ2) is 9.87. The van der Waals surface area contributed by atoms with Crippen molar-refractivity contribution in [2.24, 2.45) is 0 Å². The van der Waals surface area contributed by atoms with Gasteiger partial charge in [-0.25, -0.2) is 9.97 Å². The largest absolute Gasteiger partial charge is 0.337 e. The minimum Gasteiger partial charge on any atom is -0.337 e. The molecule has 0 fully saturated rings. The van der Waals surface area contributed by atoms with E-state index >= 15 is 0 Å². The topological polar surface area (TPSA) is 51.0 Å². The maximum absolute atomic E-state index is 13.4. The third-order valence-corrected chi connectivity index (χ3v) is 6.05. The van der Waals surface area contributed by atoms with Crippen molar-refractivity contribution in [3.8, 4) is 0 Å². The number of thiazole rings is 1. The van der Waals surface area contributed by atoms with E-state index in [1.807, 2.05) is 46.9 Å². The molecule has 0 atom stereocenters. The number of carbonyl (C=O) groups is 1. The van der Waals surface area contributed by atoms with Crippen LogP contribution in [-0.2, 0) is 13.0 Å². The molecule has 0 bridgehead atoms. The molecule has 0 saturated heterocycles. The zero-order valence-corrected chi connectivity index (χ0v) is 18.7. The van der Waals surface area contributed by atoms with Gasteiger partial charge in [0.25, 0.3) is 5.91 Å². The molecule has 0 aliphatic rings. The first-order valence-electron chi connectivity index (χ1n) is 9.88. The van der Waals surface area contributed by atoms with Crippen molar-refractivity contribution >= 4 is 45.0 Å². The number of halogens is 1. The first-order valence-corrected chi connectivity index (χ1v) is 10.7. The second-order valence-electron chi connectivity index (χ2n) is 7.09. The predicted molar refractivity (Wildman–Crippen MR) is 126 cm³/mol. The number of rotatable bonds is 7. The van der Waals surface area contributed by atoms with Crippen LogP contribution < -0.4 is 4.90 Å². The lowest BCUT2D eigenvalue weighted by atomic mass is 10.1. The molecule has 30 heavy (non-hydrogen) atoms. The van der Waals surface area contributed by atoms with Crippen LogP contribution in [0.3, 0.4) is 0 Å². The highest BCUT2D eigenvalue weighted by Crippen LogP contribution is 2.32.